The molecule has 0 aromatic carbocycles. The van der Waals surface area contributed by atoms with E-state index in [0.717, 1.165) is 12.8 Å². The molecule has 1 amide bonds. The molecular weight excluding hydrogens is 238 g/mol. The molecule has 0 aromatic rings. The zero-order valence-corrected chi connectivity index (χ0v) is 13.7. The Labute approximate surface area is 118 Å². The number of carbonyl (C=O) groups excluding carboxylic acids is 2. The Morgan fingerprint density at radius 2 is 1.58 bits per heavy atom. The minimum atomic E-state index is -0.270. The molecule has 0 aliphatic carbocycles. The number of hydrogen-bond acceptors (Lipinski definition) is 2. The van der Waals surface area contributed by atoms with E-state index in [0.29, 0.717) is 12.5 Å². The van der Waals surface area contributed by atoms with Crippen LogP contribution in [-0.2, 0) is 9.59 Å². The van der Waals surface area contributed by atoms with Crippen LogP contribution in [0.4, 0.5) is 0 Å². The Balaban J connectivity index is 5.06. The smallest absolute Gasteiger partial charge is 0.225 e. The van der Waals surface area contributed by atoms with Crippen molar-refractivity contribution in [2.45, 2.75) is 67.3 Å². The summed E-state index contributed by atoms with van der Waals surface area (Å²) in [7, 11) is 0. The highest BCUT2D eigenvalue weighted by Crippen LogP contribution is 2.23. The molecule has 0 fully saturated rings. The SMILES string of the molecule is CCC(C)CC(C)[C@@H](C(C)=O)N(CC)C(=O)C(C)C. The normalized spacial score (nSPS) is 16.0. The molecule has 3 nitrogen and oxygen atoms in total. The highest BCUT2D eigenvalue weighted by atomic mass is 16.2. The summed E-state index contributed by atoms with van der Waals surface area (Å²) in [5.41, 5.74) is 0. The van der Waals surface area contributed by atoms with Gasteiger partial charge in [0.15, 0.2) is 5.78 Å². The zero-order valence-electron chi connectivity index (χ0n) is 13.7. The van der Waals surface area contributed by atoms with Crippen molar-refractivity contribution >= 4 is 11.7 Å². The van der Waals surface area contributed by atoms with Crippen molar-refractivity contribution in [3.8, 4) is 0 Å². The quantitative estimate of drug-likeness (QED) is 0.676. The lowest BCUT2D eigenvalue weighted by atomic mass is 9.87. The van der Waals surface area contributed by atoms with Crippen LogP contribution in [0.3, 0.4) is 0 Å². The molecule has 0 radical (unpaired) electrons. The van der Waals surface area contributed by atoms with Gasteiger partial charge in [0.25, 0.3) is 0 Å². The van der Waals surface area contributed by atoms with Gasteiger partial charge < -0.3 is 4.90 Å². The molecule has 0 saturated heterocycles. The number of hydrogen-bond donors (Lipinski definition) is 0. The van der Waals surface area contributed by atoms with Crippen LogP contribution in [-0.4, -0.2) is 29.2 Å². The molecule has 112 valence electrons. The van der Waals surface area contributed by atoms with Gasteiger partial charge in [-0.05, 0) is 32.1 Å². The van der Waals surface area contributed by atoms with Crippen molar-refractivity contribution in [1.82, 2.24) is 4.90 Å². The lowest BCUT2D eigenvalue weighted by Crippen LogP contribution is -2.49. The maximum Gasteiger partial charge on any atom is 0.225 e. The molecule has 0 aliphatic rings. The molecule has 0 heterocycles. The van der Waals surface area contributed by atoms with Crippen LogP contribution in [0.25, 0.3) is 0 Å². The van der Waals surface area contributed by atoms with Crippen molar-refractivity contribution in [1.29, 1.82) is 0 Å². The van der Waals surface area contributed by atoms with Gasteiger partial charge in [-0.3, -0.25) is 9.59 Å². The summed E-state index contributed by atoms with van der Waals surface area (Å²) in [5, 5.41) is 0. The van der Waals surface area contributed by atoms with Crippen LogP contribution in [0.2, 0.25) is 0 Å². The summed E-state index contributed by atoms with van der Waals surface area (Å²) in [5.74, 6) is 0.933. The van der Waals surface area contributed by atoms with Crippen molar-refractivity contribution in [3.05, 3.63) is 0 Å². The second kappa shape index (κ2) is 8.34. The third kappa shape index (κ3) is 5.33. The Hall–Kier alpha value is -0.860. The highest BCUT2D eigenvalue weighted by Gasteiger charge is 2.32. The summed E-state index contributed by atoms with van der Waals surface area (Å²) < 4.78 is 0. The van der Waals surface area contributed by atoms with Gasteiger partial charge in [-0.1, -0.05) is 41.0 Å². The predicted molar refractivity (Wildman–Crippen MR) is 79.9 cm³/mol. The first-order valence-electron chi connectivity index (χ1n) is 7.57. The molecule has 3 atom stereocenters. The molecule has 2 unspecified atom stereocenters. The Morgan fingerprint density at radius 1 is 1.05 bits per heavy atom. The number of likely N-dealkylation sites (N-methyl/N-ethyl adjacent to an activating group) is 1. The summed E-state index contributed by atoms with van der Waals surface area (Å²) in [4.78, 5) is 26.0. The standard InChI is InChI=1S/C16H31NO2/c1-8-12(5)10-13(6)15(14(7)18)17(9-2)16(19)11(3)4/h11-13,15H,8-10H2,1-7H3/t12?,13?,15-/m0/s1. The van der Waals surface area contributed by atoms with Crippen LogP contribution in [0.1, 0.15) is 61.3 Å². The largest absolute Gasteiger partial charge is 0.332 e. The average molecular weight is 269 g/mol. The second-order valence-corrected chi connectivity index (χ2v) is 6.06. The molecule has 0 rings (SSSR count). The number of Topliss-reactive ketones (excluding diaryl/α,β-unsaturated/α-hetero) is 1. The van der Waals surface area contributed by atoms with Gasteiger partial charge in [0.1, 0.15) is 0 Å². The van der Waals surface area contributed by atoms with E-state index in [4.69, 9.17) is 0 Å². The van der Waals surface area contributed by atoms with Crippen LogP contribution in [0.5, 0.6) is 0 Å². The minimum Gasteiger partial charge on any atom is -0.332 e. The Bertz CT molecular complexity index is 299. The van der Waals surface area contributed by atoms with Gasteiger partial charge in [-0.2, -0.15) is 0 Å². The molecule has 0 aliphatic heterocycles. The van der Waals surface area contributed by atoms with Gasteiger partial charge in [0, 0.05) is 12.5 Å². The maximum absolute atomic E-state index is 12.3. The molecule has 0 spiro atoms. The molecular formula is C16H31NO2. The third-order valence-corrected chi connectivity index (χ3v) is 3.88. The second-order valence-electron chi connectivity index (χ2n) is 6.06. The first kappa shape index (κ1) is 18.1. The predicted octanol–water partition coefficient (Wildman–Crippen LogP) is 3.52. The van der Waals surface area contributed by atoms with E-state index in [1.807, 2.05) is 20.8 Å². The van der Waals surface area contributed by atoms with E-state index in [-0.39, 0.29) is 29.6 Å². The van der Waals surface area contributed by atoms with Crippen molar-refractivity contribution in [2.24, 2.45) is 17.8 Å². The highest BCUT2D eigenvalue weighted by molar-refractivity contribution is 5.88. The fourth-order valence-corrected chi connectivity index (χ4v) is 2.68. The number of ketones is 1. The average Bonchev–Trinajstić information content (AvgIpc) is 2.33. The molecule has 0 bridgehead atoms. The van der Waals surface area contributed by atoms with Crippen molar-refractivity contribution < 1.29 is 9.59 Å². The number of rotatable bonds is 8. The van der Waals surface area contributed by atoms with E-state index in [9.17, 15) is 9.59 Å². The molecule has 0 saturated carbocycles. The maximum atomic E-state index is 12.3. The Kier molecular flexibility index (Phi) is 7.96. The fraction of sp³-hybridized carbons (Fsp3) is 0.875. The summed E-state index contributed by atoms with van der Waals surface area (Å²) in [6.45, 7) is 14.4. The van der Waals surface area contributed by atoms with Crippen LogP contribution in [0.15, 0.2) is 0 Å². The van der Waals surface area contributed by atoms with Crippen LogP contribution < -0.4 is 0 Å². The molecule has 3 heteroatoms. The zero-order chi connectivity index (χ0) is 15.2. The van der Waals surface area contributed by atoms with Crippen LogP contribution >= 0.6 is 0 Å². The Morgan fingerprint density at radius 3 is 1.89 bits per heavy atom. The van der Waals surface area contributed by atoms with Crippen molar-refractivity contribution in [3.63, 3.8) is 0 Å². The van der Waals surface area contributed by atoms with Crippen LogP contribution in [0, 0.1) is 17.8 Å². The van der Waals surface area contributed by atoms with Gasteiger partial charge in [-0.15, -0.1) is 0 Å². The van der Waals surface area contributed by atoms with Gasteiger partial charge >= 0.3 is 0 Å². The molecule has 0 N–H and O–H groups in total. The van der Waals surface area contributed by atoms with E-state index in [2.05, 4.69) is 20.8 Å². The molecule has 19 heavy (non-hydrogen) atoms. The summed E-state index contributed by atoms with van der Waals surface area (Å²) in [6, 6.07) is -0.270. The van der Waals surface area contributed by atoms with E-state index >= 15 is 0 Å². The number of nitrogens with zero attached hydrogens (tertiary/aromatic N) is 1. The van der Waals surface area contributed by atoms with Gasteiger partial charge in [-0.25, -0.2) is 0 Å². The van der Waals surface area contributed by atoms with E-state index in [1.54, 1.807) is 11.8 Å². The number of carbonyl (C=O) groups is 2. The van der Waals surface area contributed by atoms with Crippen molar-refractivity contribution in [2.75, 3.05) is 6.54 Å². The summed E-state index contributed by atoms with van der Waals surface area (Å²) >= 11 is 0. The monoisotopic (exact) mass is 269 g/mol. The summed E-state index contributed by atoms with van der Waals surface area (Å²) in [6.07, 6.45) is 2.10. The molecule has 0 aromatic heterocycles. The van der Waals surface area contributed by atoms with Gasteiger partial charge in [0.05, 0.1) is 6.04 Å². The first-order valence-corrected chi connectivity index (χ1v) is 7.57. The first-order chi connectivity index (χ1) is 8.76. The third-order valence-electron chi connectivity index (χ3n) is 3.88. The minimum absolute atomic E-state index is 0.0578. The van der Waals surface area contributed by atoms with Gasteiger partial charge in [0.2, 0.25) is 5.91 Å². The topological polar surface area (TPSA) is 37.4 Å². The fourth-order valence-electron chi connectivity index (χ4n) is 2.68. The number of amides is 1. The van der Waals surface area contributed by atoms with E-state index in [1.165, 1.54) is 0 Å². The van der Waals surface area contributed by atoms with E-state index < -0.39 is 0 Å². The lowest BCUT2D eigenvalue weighted by molar-refractivity contribution is -0.143. The lowest BCUT2D eigenvalue weighted by Gasteiger charge is -2.35.